The molecule has 1 amide bonds. The number of pyridine rings is 1. The first-order valence-corrected chi connectivity index (χ1v) is 10.1. The number of nitrogens with zero attached hydrogens (tertiary/aromatic N) is 3. The standard InChI is InChI=1S/C17H21BrN4O2S/c1-2-3-6-14-21-12-10-20-11-9-13(18)25-16(11)15(12)22(14)8-5-4-7-19-17(23)24/h9-10,19H,2-8H2,1H3,(H,23,24). The molecule has 0 aliphatic rings. The lowest BCUT2D eigenvalue weighted by Crippen LogP contribution is -2.22. The number of thiophene rings is 1. The van der Waals surface area contributed by atoms with Crippen molar-refractivity contribution in [3.05, 3.63) is 21.9 Å². The number of hydrogen-bond donors (Lipinski definition) is 2. The van der Waals surface area contributed by atoms with Gasteiger partial charge >= 0.3 is 6.09 Å². The summed E-state index contributed by atoms with van der Waals surface area (Å²) in [5.41, 5.74) is 3.08. The van der Waals surface area contributed by atoms with Gasteiger partial charge in [0.2, 0.25) is 0 Å². The number of rotatable bonds is 8. The zero-order valence-corrected chi connectivity index (χ0v) is 16.5. The number of carboxylic acid groups (broad SMARTS) is 1. The van der Waals surface area contributed by atoms with Crippen LogP contribution in [0, 0.1) is 0 Å². The van der Waals surface area contributed by atoms with Crippen LogP contribution < -0.4 is 5.32 Å². The van der Waals surface area contributed by atoms with Crippen LogP contribution in [-0.2, 0) is 13.0 Å². The molecule has 3 heterocycles. The number of amides is 1. The average Bonchev–Trinajstić information content (AvgIpc) is 3.11. The molecule has 0 saturated heterocycles. The van der Waals surface area contributed by atoms with Gasteiger partial charge in [0.05, 0.1) is 25.7 Å². The van der Waals surface area contributed by atoms with E-state index >= 15 is 0 Å². The summed E-state index contributed by atoms with van der Waals surface area (Å²) in [6, 6.07) is 2.04. The molecule has 0 fully saturated rings. The first kappa shape index (κ1) is 18.1. The summed E-state index contributed by atoms with van der Waals surface area (Å²) < 4.78 is 4.53. The molecule has 0 aromatic carbocycles. The SMILES string of the molecule is CCCCc1nc2cnc3cc(Br)sc3c2n1CCCCNC(=O)O. The third kappa shape index (κ3) is 4.12. The molecule has 0 unspecified atom stereocenters. The molecule has 3 aromatic heterocycles. The largest absolute Gasteiger partial charge is 0.465 e. The number of halogens is 1. The molecular weight excluding hydrogens is 404 g/mol. The monoisotopic (exact) mass is 424 g/mol. The van der Waals surface area contributed by atoms with E-state index in [1.807, 2.05) is 12.3 Å². The first-order chi connectivity index (χ1) is 12.1. The maximum atomic E-state index is 10.6. The van der Waals surface area contributed by atoms with Crippen LogP contribution in [0.3, 0.4) is 0 Å². The van der Waals surface area contributed by atoms with Crippen LogP contribution in [-0.4, -0.2) is 32.3 Å². The number of unbranched alkanes of at least 4 members (excludes halogenated alkanes) is 2. The summed E-state index contributed by atoms with van der Waals surface area (Å²) >= 11 is 5.24. The Labute approximate surface area is 158 Å². The van der Waals surface area contributed by atoms with Gasteiger partial charge in [-0.2, -0.15) is 0 Å². The zero-order chi connectivity index (χ0) is 17.8. The molecule has 0 bridgehead atoms. The van der Waals surface area contributed by atoms with Gasteiger partial charge in [-0.15, -0.1) is 11.3 Å². The van der Waals surface area contributed by atoms with Crippen LogP contribution in [0.25, 0.3) is 21.3 Å². The quantitative estimate of drug-likeness (QED) is 0.508. The molecule has 3 aromatic rings. The van der Waals surface area contributed by atoms with E-state index in [0.717, 1.165) is 69.5 Å². The maximum absolute atomic E-state index is 10.6. The highest BCUT2D eigenvalue weighted by Gasteiger charge is 2.15. The number of nitrogens with one attached hydrogen (secondary N) is 1. The second kappa shape index (κ2) is 8.14. The average molecular weight is 425 g/mol. The van der Waals surface area contributed by atoms with E-state index in [9.17, 15) is 4.79 Å². The predicted octanol–water partition coefficient (Wildman–Crippen LogP) is 4.80. The summed E-state index contributed by atoms with van der Waals surface area (Å²) in [5.74, 6) is 1.10. The highest BCUT2D eigenvalue weighted by Crippen LogP contribution is 2.34. The smallest absolute Gasteiger partial charge is 0.404 e. The summed E-state index contributed by atoms with van der Waals surface area (Å²) in [7, 11) is 0. The molecule has 25 heavy (non-hydrogen) atoms. The minimum Gasteiger partial charge on any atom is -0.465 e. The van der Waals surface area contributed by atoms with E-state index in [2.05, 4.69) is 37.7 Å². The summed E-state index contributed by atoms with van der Waals surface area (Å²) in [4.78, 5) is 19.9. The van der Waals surface area contributed by atoms with Crippen LogP contribution in [0.2, 0.25) is 0 Å². The summed E-state index contributed by atoms with van der Waals surface area (Å²) in [6.07, 6.45) is 5.79. The lowest BCUT2D eigenvalue weighted by atomic mass is 10.2. The molecule has 134 valence electrons. The van der Waals surface area contributed by atoms with Crippen LogP contribution >= 0.6 is 27.3 Å². The van der Waals surface area contributed by atoms with Gasteiger partial charge in [-0.3, -0.25) is 4.98 Å². The number of hydrogen-bond acceptors (Lipinski definition) is 4. The number of carbonyl (C=O) groups is 1. The molecule has 0 spiro atoms. The minimum absolute atomic E-state index is 0.480. The molecular formula is C17H21BrN4O2S. The second-order valence-electron chi connectivity index (χ2n) is 5.98. The zero-order valence-electron chi connectivity index (χ0n) is 14.1. The Morgan fingerprint density at radius 3 is 2.96 bits per heavy atom. The Morgan fingerprint density at radius 1 is 1.36 bits per heavy atom. The molecule has 8 heteroatoms. The van der Waals surface area contributed by atoms with E-state index in [-0.39, 0.29) is 0 Å². The summed E-state index contributed by atoms with van der Waals surface area (Å²) in [6.45, 7) is 3.50. The molecule has 2 N–H and O–H groups in total. The van der Waals surface area contributed by atoms with Crippen molar-refractivity contribution in [2.24, 2.45) is 0 Å². The fraction of sp³-hybridized carbons (Fsp3) is 0.471. The van der Waals surface area contributed by atoms with Gasteiger partial charge in [0, 0.05) is 19.5 Å². The van der Waals surface area contributed by atoms with Crippen molar-refractivity contribution in [2.45, 2.75) is 45.6 Å². The fourth-order valence-electron chi connectivity index (χ4n) is 2.95. The van der Waals surface area contributed by atoms with E-state index in [0.29, 0.717) is 6.54 Å². The van der Waals surface area contributed by atoms with Crippen molar-refractivity contribution in [3.8, 4) is 0 Å². The number of fused-ring (bicyclic) bond motifs is 3. The molecule has 0 atom stereocenters. The predicted molar refractivity (Wildman–Crippen MR) is 104 cm³/mol. The van der Waals surface area contributed by atoms with E-state index in [4.69, 9.17) is 10.1 Å². The van der Waals surface area contributed by atoms with Gasteiger partial charge in [-0.25, -0.2) is 9.78 Å². The number of aromatic nitrogens is 3. The number of aryl methyl sites for hydroxylation is 2. The molecule has 0 aliphatic heterocycles. The van der Waals surface area contributed by atoms with Crippen LogP contribution in [0.1, 0.15) is 38.4 Å². The third-order valence-corrected chi connectivity index (χ3v) is 5.77. The van der Waals surface area contributed by atoms with Crippen LogP contribution in [0.15, 0.2) is 16.0 Å². The van der Waals surface area contributed by atoms with E-state index in [1.54, 1.807) is 11.3 Å². The normalized spacial score (nSPS) is 11.4. The van der Waals surface area contributed by atoms with Gasteiger partial charge < -0.3 is 15.0 Å². The Balaban J connectivity index is 1.91. The Morgan fingerprint density at radius 2 is 2.20 bits per heavy atom. The third-order valence-electron chi connectivity index (χ3n) is 4.14. The second-order valence-corrected chi connectivity index (χ2v) is 8.41. The number of imidazole rings is 1. The van der Waals surface area contributed by atoms with Crippen molar-refractivity contribution in [2.75, 3.05) is 6.54 Å². The molecule has 0 radical (unpaired) electrons. The lowest BCUT2D eigenvalue weighted by molar-refractivity contribution is 0.194. The Hall–Kier alpha value is -1.67. The molecule has 0 aliphatic carbocycles. The van der Waals surface area contributed by atoms with Crippen molar-refractivity contribution in [1.82, 2.24) is 19.9 Å². The van der Waals surface area contributed by atoms with Crippen LogP contribution in [0.4, 0.5) is 4.79 Å². The topological polar surface area (TPSA) is 80.0 Å². The van der Waals surface area contributed by atoms with Crippen molar-refractivity contribution < 1.29 is 9.90 Å². The highest BCUT2D eigenvalue weighted by molar-refractivity contribution is 9.11. The van der Waals surface area contributed by atoms with Gasteiger partial charge in [-0.05, 0) is 41.3 Å². The van der Waals surface area contributed by atoms with Gasteiger partial charge in [-0.1, -0.05) is 13.3 Å². The van der Waals surface area contributed by atoms with E-state index in [1.165, 1.54) is 0 Å². The van der Waals surface area contributed by atoms with Gasteiger partial charge in [0.25, 0.3) is 0 Å². The maximum Gasteiger partial charge on any atom is 0.404 e. The van der Waals surface area contributed by atoms with Crippen molar-refractivity contribution in [3.63, 3.8) is 0 Å². The van der Waals surface area contributed by atoms with Crippen molar-refractivity contribution in [1.29, 1.82) is 0 Å². The minimum atomic E-state index is -0.965. The lowest BCUT2D eigenvalue weighted by Gasteiger charge is -2.09. The Kier molecular flexibility index (Phi) is 5.90. The molecule has 3 rings (SSSR count). The van der Waals surface area contributed by atoms with E-state index < -0.39 is 6.09 Å². The highest BCUT2D eigenvalue weighted by atomic mass is 79.9. The first-order valence-electron chi connectivity index (χ1n) is 8.50. The van der Waals surface area contributed by atoms with Crippen molar-refractivity contribution >= 4 is 54.6 Å². The van der Waals surface area contributed by atoms with Crippen LogP contribution in [0.5, 0.6) is 0 Å². The molecule has 0 saturated carbocycles. The van der Waals surface area contributed by atoms with Gasteiger partial charge in [0.1, 0.15) is 11.3 Å². The van der Waals surface area contributed by atoms with Gasteiger partial charge in [0.15, 0.2) is 0 Å². The fourth-order valence-corrected chi connectivity index (χ4v) is 4.55. The Bertz CT molecular complexity index is 890. The summed E-state index contributed by atoms with van der Waals surface area (Å²) in [5, 5.41) is 11.1. The molecule has 6 nitrogen and oxygen atoms in total.